The third kappa shape index (κ3) is 2.79. The Kier molecular flexibility index (Phi) is 3.66. The van der Waals surface area contributed by atoms with E-state index in [4.69, 9.17) is 0 Å². The number of hydrogen-bond acceptors (Lipinski definition) is 2. The number of benzene rings is 2. The molecule has 136 valence electrons. The minimum Gasteiger partial charge on any atom is -0.478 e. The first kappa shape index (κ1) is 17.0. The van der Waals surface area contributed by atoms with Crippen molar-refractivity contribution in [3.63, 3.8) is 0 Å². The second-order valence-corrected chi connectivity index (χ2v) is 5.92. The van der Waals surface area contributed by atoms with Gasteiger partial charge in [-0.2, -0.15) is 17.6 Å². The lowest BCUT2D eigenvalue weighted by Gasteiger charge is -2.10. The van der Waals surface area contributed by atoms with Crippen molar-refractivity contribution < 1.29 is 27.5 Å². The Morgan fingerprint density at radius 2 is 1.63 bits per heavy atom. The average molecular weight is 374 g/mol. The number of halogens is 4. The molecule has 1 N–H and O–H groups in total. The van der Waals surface area contributed by atoms with Crippen molar-refractivity contribution in [2.45, 2.75) is 6.18 Å². The summed E-state index contributed by atoms with van der Waals surface area (Å²) in [4.78, 5) is 15.1. The van der Waals surface area contributed by atoms with Crippen molar-refractivity contribution in [1.82, 2.24) is 9.55 Å². The molecule has 0 atom stereocenters. The van der Waals surface area contributed by atoms with Gasteiger partial charge in [0.25, 0.3) is 0 Å². The van der Waals surface area contributed by atoms with Crippen molar-refractivity contribution >= 4 is 27.9 Å². The Balaban J connectivity index is 2.03. The molecule has 0 radical (unpaired) electrons. The van der Waals surface area contributed by atoms with Gasteiger partial charge < -0.3 is 9.67 Å². The quantitative estimate of drug-likeness (QED) is 0.395. The van der Waals surface area contributed by atoms with E-state index in [1.165, 1.54) is 36.4 Å². The molecule has 27 heavy (non-hydrogen) atoms. The van der Waals surface area contributed by atoms with Crippen molar-refractivity contribution in [1.29, 1.82) is 0 Å². The maximum atomic E-state index is 13.7. The van der Waals surface area contributed by atoms with Crippen molar-refractivity contribution in [2.75, 3.05) is 0 Å². The second kappa shape index (κ2) is 5.80. The molecule has 4 rings (SSSR count). The van der Waals surface area contributed by atoms with Gasteiger partial charge in [0.05, 0.1) is 27.7 Å². The average Bonchev–Trinajstić information content (AvgIpc) is 2.94. The van der Waals surface area contributed by atoms with Gasteiger partial charge in [0.2, 0.25) is 5.95 Å². The molecule has 0 amide bonds. The van der Waals surface area contributed by atoms with Crippen molar-refractivity contribution in [2.24, 2.45) is 0 Å². The van der Waals surface area contributed by atoms with E-state index in [2.05, 4.69) is 4.98 Å². The lowest BCUT2D eigenvalue weighted by atomic mass is 10.1. The Hall–Kier alpha value is -3.42. The Labute approximate surface area is 149 Å². The molecule has 4 nitrogen and oxygen atoms in total. The second-order valence-electron chi connectivity index (χ2n) is 5.92. The van der Waals surface area contributed by atoms with Crippen molar-refractivity contribution in [3.8, 4) is 5.69 Å². The van der Waals surface area contributed by atoms with Crippen LogP contribution >= 0.6 is 0 Å². The minimum absolute atomic E-state index is 0.0000283. The minimum atomic E-state index is -4.46. The Morgan fingerprint density at radius 1 is 0.963 bits per heavy atom. The number of pyridine rings is 1. The summed E-state index contributed by atoms with van der Waals surface area (Å²) >= 11 is 0. The number of aromatic nitrogens is 2. The summed E-state index contributed by atoms with van der Waals surface area (Å²) < 4.78 is 53.7. The SMILES string of the molecule is O=C(O)c1ccc2c(c1)c1nc(F)ccc1n2-c1ccc(C(F)(F)F)cc1. The molecule has 0 aliphatic carbocycles. The molecule has 2 heterocycles. The van der Waals surface area contributed by atoms with Gasteiger partial charge in [0.1, 0.15) is 0 Å². The largest absolute Gasteiger partial charge is 0.478 e. The van der Waals surface area contributed by atoms with Gasteiger partial charge >= 0.3 is 12.1 Å². The standard InChI is InChI=1S/C19H10F4N2O2/c20-16-8-7-15-17(24-16)13-9-10(18(26)27)1-6-14(13)25(15)12-4-2-11(3-5-12)19(21,22)23/h1-9H,(H,26,27). The smallest absolute Gasteiger partial charge is 0.416 e. The van der Waals surface area contributed by atoms with Crippen LogP contribution < -0.4 is 0 Å². The van der Waals surface area contributed by atoms with Crippen molar-refractivity contribution in [3.05, 3.63) is 71.7 Å². The fourth-order valence-corrected chi connectivity index (χ4v) is 3.07. The van der Waals surface area contributed by atoms with E-state index >= 15 is 0 Å². The topological polar surface area (TPSA) is 55.1 Å². The molecular formula is C19H10F4N2O2. The van der Waals surface area contributed by atoms with Crippen LogP contribution in [0.1, 0.15) is 15.9 Å². The molecule has 0 unspecified atom stereocenters. The predicted octanol–water partition coefficient (Wildman–Crippen LogP) is 5.03. The van der Waals surface area contributed by atoms with Gasteiger partial charge in [-0.05, 0) is 54.6 Å². The fourth-order valence-electron chi connectivity index (χ4n) is 3.07. The lowest BCUT2D eigenvalue weighted by molar-refractivity contribution is -0.137. The van der Waals surface area contributed by atoms with Crippen LogP contribution in [0, 0.1) is 5.95 Å². The van der Waals surface area contributed by atoms with E-state index in [1.807, 2.05) is 0 Å². The van der Waals surface area contributed by atoms with Gasteiger partial charge in [-0.25, -0.2) is 9.78 Å². The first-order valence-corrected chi connectivity index (χ1v) is 7.77. The summed E-state index contributed by atoms with van der Waals surface area (Å²) in [5.74, 6) is -1.89. The van der Waals surface area contributed by atoms with Gasteiger partial charge in [-0.15, -0.1) is 0 Å². The maximum Gasteiger partial charge on any atom is 0.416 e. The lowest BCUT2D eigenvalue weighted by Crippen LogP contribution is -2.05. The molecule has 0 saturated carbocycles. The van der Waals surface area contributed by atoms with Crippen LogP contribution in [0.4, 0.5) is 17.6 Å². The zero-order valence-corrected chi connectivity index (χ0v) is 13.5. The van der Waals surface area contributed by atoms with Crippen LogP contribution in [-0.2, 0) is 6.18 Å². The molecule has 0 aliphatic rings. The number of carbonyl (C=O) groups is 1. The zero-order chi connectivity index (χ0) is 19.3. The number of alkyl halides is 3. The number of hydrogen-bond donors (Lipinski definition) is 1. The Morgan fingerprint density at radius 3 is 2.26 bits per heavy atom. The number of nitrogens with zero attached hydrogens (tertiary/aromatic N) is 2. The molecule has 0 aliphatic heterocycles. The van der Waals surface area contributed by atoms with E-state index in [0.717, 1.165) is 18.2 Å². The van der Waals surface area contributed by atoms with Crippen LogP contribution in [0.3, 0.4) is 0 Å². The molecule has 2 aromatic carbocycles. The molecule has 0 fully saturated rings. The summed E-state index contributed by atoms with van der Waals surface area (Å²) in [7, 11) is 0. The van der Waals surface area contributed by atoms with Crippen LogP contribution in [0.2, 0.25) is 0 Å². The maximum absolute atomic E-state index is 13.7. The zero-order valence-electron chi connectivity index (χ0n) is 13.5. The summed E-state index contributed by atoms with van der Waals surface area (Å²) in [5.41, 5.74) is 0.818. The number of fused-ring (bicyclic) bond motifs is 3. The predicted molar refractivity (Wildman–Crippen MR) is 90.5 cm³/mol. The first-order valence-electron chi connectivity index (χ1n) is 7.77. The van der Waals surface area contributed by atoms with E-state index in [9.17, 15) is 27.5 Å². The molecular weight excluding hydrogens is 364 g/mol. The third-order valence-corrected chi connectivity index (χ3v) is 4.27. The summed E-state index contributed by atoms with van der Waals surface area (Å²) in [6.07, 6.45) is -4.46. The molecule has 2 aromatic heterocycles. The number of carboxylic acid groups (broad SMARTS) is 1. The monoisotopic (exact) mass is 374 g/mol. The van der Waals surface area contributed by atoms with Gasteiger partial charge in [-0.1, -0.05) is 0 Å². The highest BCUT2D eigenvalue weighted by Crippen LogP contribution is 2.34. The van der Waals surface area contributed by atoms with Gasteiger partial charge in [0, 0.05) is 11.1 Å². The Bertz CT molecular complexity index is 1190. The fraction of sp³-hybridized carbons (Fsp3) is 0.0526. The number of carboxylic acids is 1. The van der Waals surface area contributed by atoms with E-state index in [1.54, 1.807) is 4.57 Å². The number of aromatic carboxylic acids is 1. The van der Waals surface area contributed by atoms with Crippen LogP contribution in [0.5, 0.6) is 0 Å². The van der Waals surface area contributed by atoms with Gasteiger partial charge in [-0.3, -0.25) is 0 Å². The van der Waals surface area contributed by atoms with Crippen LogP contribution in [0.25, 0.3) is 27.6 Å². The molecule has 8 heteroatoms. The van der Waals surface area contributed by atoms with Crippen LogP contribution in [-0.4, -0.2) is 20.6 Å². The molecule has 0 bridgehead atoms. The third-order valence-electron chi connectivity index (χ3n) is 4.27. The highest BCUT2D eigenvalue weighted by atomic mass is 19.4. The van der Waals surface area contributed by atoms with E-state index in [0.29, 0.717) is 22.1 Å². The first-order chi connectivity index (χ1) is 12.8. The molecule has 4 aromatic rings. The summed E-state index contributed by atoms with van der Waals surface area (Å²) in [5, 5.41) is 9.59. The summed E-state index contributed by atoms with van der Waals surface area (Å²) in [6.45, 7) is 0. The van der Waals surface area contributed by atoms with Crippen LogP contribution in [0.15, 0.2) is 54.6 Å². The molecule has 0 saturated heterocycles. The highest BCUT2D eigenvalue weighted by molar-refractivity contribution is 6.09. The number of rotatable bonds is 2. The summed E-state index contributed by atoms with van der Waals surface area (Å²) in [6, 6.07) is 11.4. The van der Waals surface area contributed by atoms with E-state index in [-0.39, 0.29) is 11.1 Å². The van der Waals surface area contributed by atoms with E-state index < -0.39 is 23.7 Å². The van der Waals surface area contributed by atoms with Gasteiger partial charge in [0.15, 0.2) is 0 Å². The molecule has 0 spiro atoms. The highest BCUT2D eigenvalue weighted by Gasteiger charge is 2.30. The normalized spacial score (nSPS) is 12.0.